The lowest BCUT2D eigenvalue weighted by Crippen LogP contribution is -2.58. The summed E-state index contributed by atoms with van der Waals surface area (Å²) >= 11 is 0. The molecule has 1 aliphatic rings. The first kappa shape index (κ1) is 14.7. The van der Waals surface area contributed by atoms with E-state index < -0.39 is 29.8 Å². The number of carboxylic acid groups (broad SMARTS) is 1. The minimum absolute atomic E-state index is 0.0100. The second kappa shape index (κ2) is 4.74. The maximum atomic E-state index is 13.0. The van der Waals surface area contributed by atoms with Gasteiger partial charge in [0.1, 0.15) is 5.54 Å². The zero-order valence-corrected chi connectivity index (χ0v) is 9.63. The summed E-state index contributed by atoms with van der Waals surface area (Å²) in [7, 11) is 0. The smallest absolute Gasteiger partial charge is 0.383 e. The molecule has 104 valence electrons. The fourth-order valence-electron chi connectivity index (χ4n) is 2.19. The number of hydrogen-bond donors (Lipinski definition) is 1. The van der Waals surface area contributed by atoms with Gasteiger partial charge in [0, 0.05) is 6.54 Å². The van der Waals surface area contributed by atoms with Gasteiger partial charge < -0.3 is 10.0 Å². The van der Waals surface area contributed by atoms with Crippen LogP contribution in [0.4, 0.5) is 17.6 Å². The quantitative estimate of drug-likeness (QED) is 0.792. The molecule has 1 saturated heterocycles. The molecule has 1 atom stereocenters. The minimum atomic E-state index is -4.85. The van der Waals surface area contributed by atoms with Gasteiger partial charge in [0.15, 0.2) is 0 Å². The molecule has 1 rings (SSSR count). The lowest BCUT2D eigenvalue weighted by atomic mass is 9.92. The molecule has 1 fully saturated rings. The van der Waals surface area contributed by atoms with Gasteiger partial charge in [0.25, 0.3) is 5.91 Å². The molecule has 0 radical (unpaired) electrons. The SMILES string of the molecule is CCC1(C(=O)O)CCCN1C(=O)C(F)(F)C(F)F. The largest absolute Gasteiger partial charge is 0.479 e. The van der Waals surface area contributed by atoms with E-state index >= 15 is 0 Å². The molecule has 18 heavy (non-hydrogen) atoms. The average Bonchev–Trinajstić information content (AvgIpc) is 2.72. The molecule has 0 aromatic rings. The second-order valence-corrected chi connectivity index (χ2v) is 4.17. The molecule has 1 aliphatic heterocycles. The van der Waals surface area contributed by atoms with Gasteiger partial charge in [-0.2, -0.15) is 8.78 Å². The summed E-state index contributed by atoms with van der Waals surface area (Å²) in [4.78, 5) is 22.9. The third kappa shape index (κ3) is 2.04. The summed E-state index contributed by atoms with van der Waals surface area (Å²) in [6.45, 7) is 1.17. The van der Waals surface area contributed by atoms with Crippen molar-refractivity contribution in [3.05, 3.63) is 0 Å². The van der Waals surface area contributed by atoms with Gasteiger partial charge in [0.05, 0.1) is 0 Å². The van der Waals surface area contributed by atoms with Gasteiger partial charge in [-0.3, -0.25) is 4.79 Å². The van der Waals surface area contributed by atoms with Crippen molar-refractivity contribution >= 4 is 11.9 Å². The van der Waals surface area contributed by atoms with E-state index in [0.717, 1.165) is 0 Å². The molecule has 0 aromatic carbocycles. The molecular formula is C10H13F4NO3. The molecule has 1 heterocycles. The summed E-state index contributed by atoms with van der Waals surface area (Å²) in [5, 5.41) is 9.06. The van der Waals surface area contributed by atoms with E-state index in [1.807, 2.05) is 0 Å². The third-order valence-corrected chi connectivity index (χ3v) is 3.28. The Labute approximate surface area is 101 Å². The Kier molecular flexibility index (Phi) is 3.87. The van der Waals surface area contributed by atoms with Crippen molar-refractivity contribution in [3.63, 3.8) is 0 Å². The molecule has 1 N–H and O–H groups in total. The molecule has 0 spiro atoms. The maximum absolute atomic E-state index is 13.0. The van der Waals surface area contributed by atoms with Gasteiger partial charge in [-0.05, 0) is 19.3 Å². The van der Waals surface area contributed by atoms with Crippen LogP contribution in [0, 0.1) is 0 Å². The minimum Gasteiger partial charge on any atom is -0.479 e. The summed E-state index contributed by atoms with van der Waals surface area (Å²) < 4.78 is 50.3. The number of rotatable bonds is 4. The fourth-order valence-corrected chi connectivity index (χ4v) is 2.19. The van der Waals surface area contributed by atoms with Crippen LogP contribution in [0.5, 0.6) is 0 Å². The number of amides is 1. The van der Waals surface area contributed by atoms with Crippen molar-refractivity contribution in [1.82, 2.24) is 4.90 Å². The number of hydrogen-bond acceptors (Lipinski definition) is 2. The summed E-state index contributed by atoms with van der Waals surface area (Å²) in [5.74, 6) is -8.40. The Morgan fingerprint density at radius 3 is 2.39 bits per heavy atom. The molecule has 0 aromatic heterocycles. The first-order valence-corrected chi connectivity index (χ1v) is 5.41. The van der Waals surface area contributed by atoms with Crippen molar-refractivity contribution in [2.45, 2.75) is 44.1 Å². The topological polar surface area (TPSA) is 57.6 Å². The standard InChI is InChI=1S/C10H13F4NO3/c1-2-9(8(17)18)4-3-5-15(9)7(16)10(13,14)6(11)12/h6H,2-5H2,1H3,(H,17,18). The van der Waals surface area contributed by atoms with Crippen molar-refractivity contribution in [3.8, 4) is 0 Å². The Balaban J connectivity index is 3.09. The average molecular weight is 271 g/mol. The number of alkyl halides is 4. The van der Waals surface area contributed by atoms with E-state index in [4.69, 9.17) is 5.11 Å². The van der Waals surface area contributed by atoms with Gasteiger partial charge in [-0.25, -0.2) is 13.6 Å². The number of halogens is 4. The third-order valence-electron chi connectivity index (χ3n) is 3.28. The molecule has 0 saturated carbocycles. The van der Waals surface area contributed by atoms with E-state index in [9.17, 15) is 27.2 Å². The molecule has 1 unspecified atom stereocenters. The van der Waals surface area contributed by atoms with Gasteiger partial charge >= 0.3 is 18.3 Å². The van der Waals surface area contributed by atoms with Crippen LogP contribution in [-0.4, -0.2) is 46.3 Å². The molecular weight excluding hydrogens is 258 g/mol. The zero-order chi connectivity index (χ0) is 14.1. The highest BCUT2D eigenvalue weighted by atomic mass is 19.3. The predicted molar refractivity (Wildman–Crippen MR) is 52.6 cm³/mol. The normalized spacial score (nSPS) is 24.7. The number of carbonyl (C=O) groups is 2. The van der Waals surface area contributed by atoms with E-state index in [1.54, 1.807) is 0 Å². The Hall–Kier alpha value is -1.34. The van der Waals surface area contributed by atoms with E-state index in [2.05, 4.69) is 0 Å². The highest BCUT2D eigenvalue weighted by molar-refractivity contribution is 5.91. The molecule has 0 aliphatic carbocycles. The van der Waals surface area contributed by atoms with Crippen molar-refractivity contribution in [2.75, 3.05) is 6.54 Å². The lowest BCUT2D eigenvalue weighted by molar-refractivity contribution is -0.188. The van der Waals surface area contributed by atoms with E-state index in [-0.39, 0.29) is 25.8 Å². The number of carbonyl (C=O) groups excluding carboxylic acids is 1. The van der Waals surface area contributed by atoms with Crippen LogP contribution < -0.4 is 0 Å². The van der Waals surface area contributed by atoms with Crippen LogP contribution in [0.15, 0.2) is 0 Å². The summed E-state index contributed by atoms with van der Waals surface area (Å²) in [5.41, 5.74) is -1.80. The Morgan fingerprint density at radius 2 is 2.00 bits per heavy atom. The van der Waals surface area contributed by atoms with Crippen LogP contribution in [0.1, 0.15) is 26.2 Å². The summed E-state index contributed by atoms with van der Waals surface area (Å²) in [6.07, 6.45) is -4.06. The van der Waals surface area contributed by atoms with Crippen LogP contribution >= 0.6 is 0 Å². The molecule has 8 heteroatoms. The van der Waals surface area contributed by atoms with Gasteiger partial charge in [-0.15, -0.1) is 0 Å². The fraction of sp³-hybridized carbons (Fsp3) is 0.800. The predicted octanol–water partition coefficient (Wildman–Crippen LogP) is 1.74. The monoisotopic (exact) mass is 271 g/mol. The second-order valence-electron chi connectivity index (χ2n) is 4.17. The van der Waals surface area contributed by atoms with Crippen LogP contribution in [0.2, 0.25) is 0 Å². The summed E-state index contributed by atoms with van der Waals surface area (Å²) in [6, 6.07) is 0. The van der Waals surface area contributed by atoms with Crippen molar-refractivity contribution in [2.24, 2.45) is 0 Å². The molecule has 1 amide bonds. The molecule has 0 bridgehead atoms. The number of carboxylic acids is 1. The van der Waals surface area contributed by atoms with Gasteiger partial charge in [0.2, 0.25) is 0 Å². The first-order chi connectivity index (χ1) is 8.20. The van der Waals surface area contributed by atoms with Gasteiger partial charge in [-0.1, -0.05) is 6.92 Å². The Morgan fingerprint density at radius 1 is 1.44 bits per heavy atom. The van der Waals surface area contributed by atoms with Crippen LogP contribution in [-0.2, 0) is 9.59 Å². The highest BCUT2D eigenvalue weighted by Gasteiger charge is 2.58. The molecule has 4 nitrogen and oxygen atoms in total. The lowest BCUT2D eigenvalue weighted by Gasteiger charge is -2.35. The number of likely N-dealkylation sites (tertiary alicyclic amines) is 1. The van der Waals surface area contributed by atoms with Crippen molar-refractivity contribution < 1.29 is 32.3 Å². The van der Waals surface area contributed by atoms with E-state index in [0.29, 0.717) is 4.90 Å². The maximum Gasteiger partial charge on any atom is 0.383 e. The zero-order valence-electron chi connectivity index (χ0n) is 9.63. The Bertz CT molecular complexity index is 361. The number of nitrogens with zero attached hydrogens (tertiary/aromatic N) is 1. The van der Waals surface area contributed by atoms with Crippen LogP contribution in [0.3, 0.4) is 0 Å². The highest BCUT2D eigenvalue weighted by Crippen LogP contribution is 2.37. The van der Waals surface area contributed by atoms with E-state index in [1.165, 1.54) is 6.92 Å². The first-order valence-electron chi connectivity index (χ1n) is 5.41. The number of aliphatic carboxylic acids is 1. The van der Waals surface area contributed by atoms with Crippen molar-refractivity contribution in [1.29, 1.82) is 0 Å². The van der Waals surface area contributed by atoms with Crippen LogP contribution in [0.25, 0.3) is 0 Å².